The summed E-state index contributed by atoms with van der Waals surface area (Å²) in [4.78, 5) is 25.3. The molecule has 6 heteroatoms. The van der Waals surface area contributed by atoms with Crippen LogP contribution in [0.15, 0.2) is 54.6 Å². The van der Waals surface area contributed by atoms with E-state index in [1.54, 1.807) is 11.8 Å². The van der Waals surface area contributed by atoms with Crippen molar-refractivity contribution in [2.45, 2.75) is 13.0 Å². The first-order chi connectivity index (χ1) is 12.6. The molecule has 1 saturated heterocycles. The topological polar surface area (TPSA) is 70.7 Å². The molecular formula is C20H23N3O3. The second kappa shape index (κ2) is 8.49. The minimum atomic E-state index is -0.293. The molecule has 1 aliphatic heterocycles. The van der Waals surface area contributed by atoms with Gasteiger partial charge in [-0.05, 0) is 23.3 Å². The lowest BCUT2D eigenvalue weighted by Gasteiger charge is -2.32. The van der Waals surface area contributed by atoms with Crippen molar-refractivity contribution in [1.29, 1.82) is 0 Å². The zero-order valence-electron chi connectivity index (χ0n) is 14.8. The molecule has 1 fully saturated rings. The molecule has 6 nitrogen and oxygen atoms in total. The van der Waals surface area contributed by atoms with Gasteiger partial charge in [0.1, 0.15) is 0 Å². The largest absolute Gasteiger partial charge is 0.373 e. The summed E-state index contributed by atoms with van der Waals surface area (Å²) in [6, 6.07) is 17.4. The zero-order valence-corrected chi connectivity index (χ0v) is 14.8. The Morgan fingerprint density at radius 1 is 1.12 bits per heavy atom. The first-order valence-electron chi connectivity index (χ1n) is 8.69. The molecule has 2 aromatic carbocycles. The maximum Gasteiger partial charge on any atom is 0.319 e. The van der Waals surface area contributed by atoms with E-state index in [0.29, 0.717) is 26.2 Å². The smallest absolute Gasteiger partial charge is 0.319 e. The molecule has 2 N–H and O–H groups in total. The summed E-state index contributed by atoms with van der Waals surface area (Å²) in [5.74, 6) is 0.0282. The van der Waals surface area contributed by atoms with E-state index in [1.165, 1.54) is 0 Å². The number of carbonyl (C=O) groups excluding carboxylic acids is 2. The van der Waals surface area contributed by atoms with Gasteiger partial charge in [0.25, 0.3) is 0 Å². The first kappa shape index (κ1) is 17.9. The predicted octanol–water partition coefficient (Wildman–Crippen LogP) is 2.72. The molecular weight excluding hydrogens is 330 g/mol. The molecule has 3 amide bonds. The number of carbonyl (C=O) groups is 2. The van der Waals surface area contributed by atoms with Gasteiger partial charge in [0, 0.05) is 32.2 Å². The molecule has 0 saturated carbocycles. The second-order valence-corrected chi connectivity index (χ2v) is 6.24. The van der Waals surface area contributed by atoms with E-state index >= 15 is 0 Å². The lowest BCUT2D eigenvalue weighted by Crippen LogP contribution is -2.49. The van der Waals surface area contributed by atoms with Crippen LogP contribution in [0.4, 0.5) is 10.5 Å². The SMILES string of the molecule is CC(=O)N1CCOC(CNC(=O)Nc2cccc(-c3ccccc3)c2)C1. The van der Waals surface area contributed by atoms with Crippen LogP contribution in [0.1, 0.15) is 6.92 Å². The molecule has 1 unspecified atom stereocenters. The third-order valence-electron chi connectivity index (χ3n) is 4.30. The molecule has 136 valence electrons. The quantitative estimate of drug-likeness (QED) is 0.888. The van der Waals surface area contributed by atoms with Crippen molar-refractivity contribution in [2.24, 2.45) is 0 Å². The molecule has 0 aromatic heterocycles. The number of ether oxygens (including phenoxy) is 1. The van der Waals surface area contributed by atoms with E-state index < -0.39 is 0 Å². The molecule has 0 bridgehead atoms. The Balaban J connectivity index is 1.53. The molecule has 0 spiro atoms. The van der Waals surface area contributed by atoms with Gasteiger partial charge in [-0.2, -0.15) is 0 Å². The highest BCUT2D eigenvalue weighted by atomic mass is 16.5. The Morgan fingerprint density at radius 3 is 2.65 bits per heavy atom. The minimum absolute atomic E-state index is 0.0282. The van der Waals surface area contributed by atoms with Crippen LogP contribution in [0.5, 0.6) is 0 Å². The van der Waals surface area contributed by atoms with Crippen LogP contribution in [0.2, 0.25) is 0 Å². The summed E-state index contributed by atoms with van der Waals surface area (Å²) in [7, 11) is 0. The summed E-state index contributed by atoms with van der Waals surface area (Å²) in [6.07, 6.45) is -0.186. The summed E-state index contributed by atoms with van der Waals surface area (Å²) in [5.41, 5.74) is 2.85. The molecule has 26 heavy (non-hydrogen) atoms. The number of amides is 3. The third kappa shape index (κ3) is 4.83. The number of hydrogen-bond acceptors (Lipinski definition) is 3. The van der Waals surface area contributed by atoms with E-state index in [2.05, 4.69) is 10.6 Å². The molecule has 1 aliphatic rings. The van der Waals surface area contributed by atoms with Gasteiger partial charge in [-0.1, -0.05) is 42.5 Å². The number of nitrogens with one attached hydrogen (secondary N) is 2. The van der Waals surface area contributed by atoms with Gasteiger partial charge in [-0.15, -0.1) is 0 Å². The predicted molar refractivity (Wildman–Crippen MR) is 101 cm³/mol. The maximum atomic E-state index is 12.2. The van der Waals surface area contributed by atoms with E-state index in [9.17, 15) is 9.59 Å². The molecule has 3 rings (SSSR count). The fourth-order valence-electron chi connectivity index (χ4n) is 2.92. The van der Waals surface area contributed by atoms with E-state index in [4.69, 9.17) is 4.74 Å². The Bertz CT molecular complexity index is 764. The van der Waals surface area contributed by atoms with E-state index in [0.717, 1.165) is 16.8 Å². The van der Waals surface area contributed by atoms with E-state index in [1.807, 2.05) is 54.6 Å². The van der Waals surface area contributed by atoms with Crippen molar-refractivity contribution < 1.29 is 14.3 Å². The lowest BCUT2D eigenvalue weighted by molar-refractivity contribution is -0.136. The summed E-state index contributed by atoms with van der Waals surface area (Å²) in [6.45, 7) is 3.49. The van der Waals surface area contributed by atoms with Crippen molar-refractivity contribution in [1.82, 2.24) is 10.2 Å². The first-order valence-corrected chi connectivity index (χ1v) is 8.69. The molecule has 0 aliphatic carbocycles. The fourth-order valence-corrected chi connectivity index (χ4v) is 2.92. The van der Waals surface area contributed by atoms with Crippen LogP contribution in [0.25, 0.3) is 11.1 Å². The average Bonchev–Trinajstić information content (AvgIpc) is 2.67. The number of nitrogens with zero attached hydrogens (tertiary/aromatic N) is 1. The average molecular weight is 353 g/mol. The van der Waals surface area contributed by atoms with Gasteiger partial charge in [0.05, 0.1) is 12.7 Å². The molecule has 1 heterocycles. The summed E-state index contributed by atoms with van der Waals surface area (Å²) < 4.78 is 5.60. The number of urea groups is 1. The van der Waals surface area contributed by atoms with Gasteiger partial charge in [0.15, 0.2) is 0 Å². The highest BCUT2D eigenvalue weighted by Gasteiger charge is 2.22. The highest BCUT2D eigenvalue weighted by molar-refractivity contribution is 5.90. The van der Waals surface area contributed by atoms with Crippen LogP contribution in [-0.4, -0.2) is 49.2 Å². The van der Waals surface area contributed by atoms with Crippen LogP contribution < -0.4 is 10.6 Å². The van der Waals surface area contributed by atoms with Crippen LogP contribution in [0, 0.1) is 0 Å². The summed E-state index contributed by atoms with van der Waals surface area (Å²) >= 11 is 0. The lowest BCUT2D eigenvalue weighted by atomic mass is 10.1. The number of rotatable bonds is 4. The van der Waals surface area contributed by atoms with Crippen molar-refractivity contribution in [3.8, 4) is 11.1 Å². The van der Waals surface area contributed by atoms with Gasteiger partial charge in [0.2, 0.25) is 5.91 Å². The van der Waals surface area contributed by atoms with Gasteiger partial charge in [-0.25, -0.2) is 4.79 Å². The minimum Gasteiger partial charge on any atom is -0.373 e. The maximum absolute atomic E-state index is 12.2. The molecule has 2 aromatic rings. The number of hydrogen-bond donors (Lipinski definition) is 2. The van der Waals surface area contributed by atoms with Crippen molar-refractivity contribution in [2.75, 3.05) is 31.6 Å². The normalized spacial score (nSPS) is 16.8. The summed E-state index contributed by atoms with van der Waals surface area (Å²) in [5, 5.41) is 5.65. The standard InChI is InChI=1S/C20H23N3O3/c1-15(24)23-10-11-26-19(14-23)13-21-20(25)22-18-9-5-8-17(12-18)16-6-3-2-4-7-16/h2-9,12,19H,10-11,13-14H2,1H3,(H2,21,22,25). The highest BCUT2D eigenvalue weighted by Crippen LogP contribution is 2.22. The van der Waals surface area contributed by atoms with Crippen LogP contribution >= 0.6 is 0 Å². The van der Waals surface area contributed by atoms with Crippen LogP contribution in [-0.2, 0) is 9.53 Å². The van der Waals surface area contributed by atoms with Crippen molar-refractivity contribution >= 4 is 17.6 Å². The molecule has 1 atom stereocenters. The van der Waals surface area contributed by atoms with Crippen molar-refractivity contribution in [3.63, 3.8) is 0 Å². The number of benzene rings is 2. The van der Waals surface area contributed by atoms with Gasteiger partial charge >= 0.3 is 6.03 Å². The Labute approximate surface area is 153 Å². The zero-order chi connectivity index (χ0) is 18.4. The Hall–Kier alpha value is -2.86. The Morgan fingerprint density at radius 2 is 1.88 bits per heavy atom. The number of morpholine rings is 1. The van der Waals surface area contributed by atoms with Crippen LogP contribution in [0.3, 0.4) is 0 Å². The van der Waals surface area contributed by atoms with E-state index in [-0.39, 0.29) is 18.0 Å². The second-order valence-electron chi connectivity index (χ2n) is 6.24. The fraction of sp³-hybridized carbons (Fsp3) is 0.300. The monoisotopic (exact) mass is 353 g/mol. The van der Waals surface area contributed by atoms with Gasteiger partial charge < -0.3 is 20.3 Å². The van der Waals surface area contributed by atoms with Gasteiger partial charge in [-0.3, -0.25) is 4.79 Å². The van der Waals surface area contributed by atoms with Crippen molar-refractivity contribution in [3.05, 3.63) is 54.6 Å². The molecule has 0 radical (unpaired) electrons. The Kier molecular flexibility index (Phi) is 5.86. The third-order valence-corrected chi connectivity index (χ3v) is 4.30. The number of anilines is 1.